The van der Waals surface area contributed by atoms with Crippen molar-refractivity contribution >= 4 is 5.91 Å². The monoisotopic (exact) mass is 345 g/mol. The Labute approximate surface area is 146 Å². The van der Waals surface area contributed by atoms with Crippen molar-refractivity contribution in [2.45, 2.75) is 30.7 Å². The topological polar surface area (TPSA) is 92.5 Å². The molecular formula is C17H23N5O3. The minimum atomic E-state index is -0.730. The number of aryl methyl sites for hydroxylation is 1. The number of ether oxygens (including phenoxy) is 1. The molecule has 1 saturated carbocycles. The van der Waals surface area contributed by atoms with Gasteiger partial charge in [0.05, 0.1) is 30.8 Å². The Hall–Kier alpha value is -2.45. The number of rotatable bonds is 5. The number of imidazole rings is 1. The van der Waals surface area contributed by atoms with Crippen molar-refractivity contribution in [3.8, 4) is 5.75 Å². The van der Waals surface area contributed by atoms with Gasteiger partial charge in [-0.1, -0.05) is 0 Å². The van der Waals surface area contributed by atoms with Crippen molar-refractivity contribution in [2.24, 2.45) is 7.05 Å². The summed E-state index contributed by atoms with van der Waals surface area (Å²) >= 11 is 0. The van der Waals surface area contributed by atoms with Crippen LogP contribution < -0.4 is 10.1 Å². The van der Waals surface area contributed by atoms with Crippen LogP contribution in [0.2, 0.25) is 0 Å². The number of amides is 1. The summed E-state index contributed by atoms with van der Waals surface area (Å²) in [7, 11) is 5.52. The summed E-state index contributed by atoms with van der Waals surface area (Å²) < 4.78 is 7.55. The second-order valence-corrected chi connectivity index (χ2v) is 6.50. The van der Waals surface area contributed by atoms with Crippen LogP contribution in [0.5, 0.6) is 5.75 Å². The van der Waals surface area contributed by atoms with E-state index in [0.29, 0.717) is 17.9 Å². The van der Waals surface area contributed by atoms with E-state index in [4.69, 9.17) is 4.74 Å². The lowest BCUT2D eigenvalue weighted by molar-refractivity contribution is 0.0209. The summed E-state index contributed by atoms with van der Waals surface area (Å²) in [6.45, 7) is 0. The van der Waals surface area contributed by atoms with E-state index in [-0.39, 0.29) is 18.0 Å². The molecule has 0 spiro atoms. The fraction of sp³-hybridized carbons (Fsp3) is 0.471. The SMILES string of the molecule is CN(C)[C@@H]1[C@@H](O)[C@H](Oc2cccnc2)C[C@H]1NC(=O)c1cncn1C. The van der Waals surface area contributed by atoms with E-state index in [9.17, 15) is 9.90 Å². The molecule has 0 aromatic carbocycles. The molecule has 1 aliphatic rings. The standard InChI is InChI=1S/C17H23N5O3/c1-21(2)15-12(20-17(24)13-9-19-10-22(13)3)7-14(16(15)23)25-11-5-4-6-18-8-11/h4-6,8-10,12,14-16,23H,7H2,1-3H3,(H,20,24)/t12-,14-,15+,16+/m1/s1. The van der Waals surface area contributed by atoms with Gasteiger partial charge in [0.15, 0.2) is 0 Å². The van der Waals surface area contributed by atoms with Gasteiger partial charge in [-0.05, 0) is 26.2 Å². The maximum Gasteiger partial charge on any atom is 0.269 e. The van der Waals surface area contributed by atoms with Crippen LogP contribution in [0.3, 0.4) is 0 Å². The van der Waals surface area contributed by atoms with Crippen molar-refractivity contribution in [2.75, 3.05) is 14.1 Å². The summed E-state index contributed by atoms with van der Waals surface area (Å²) in [6.07, 6.45) is 5.73. The maximum atomic E-state index is 12.5. The molecule has 25 heavy (non-hydrogen) atoms. The molecule has 0 saturated heterocycles. The van der Waals surface area contributed by atoms with E-state index < -0.39 is 12.2 Å². The molecule has 1 fully saturated rings. The predicted molar refractivity (Wildman–Crippen MR) is 91.2 cm³/mol. The first-order valence-corrected chi connectivity index (χ1v) is 8.15. The number of pyridine rings is 1. The number of aromatic nitrogens is 3. The minimum absolute atomic E-state index is 0.217. The number of nitrogens with one attached hydrogen (secondary N) is 1. The third-order valence-electron chi connectivity index (χ3n) is 4.51. The fourth-order valence-corrected chi connectivity index (χ4v) is 3.32. The van der Waals surface area contributed by atoms with E-state index >= 15 is 0 Å². The second-order valence-electron chi connectivity index (χ2n) is 6.50. The Kier molecular flexibility index (Phi) is 5.00. The third-order valence-corrected chi connectivity index (χ3v) is 4.51. The first-order chi connectivity index (χ1) is 12.0. The molecular weight excluding hydrogens is 322 g/mol. The normalized spacial score (nSPS) is 26.0. The summed E-state index contributed by atoms with van der Waals surface area (Å²) in [5.74, 6) is 0.383. The first-order valence-electron chi connectivity index (χ1n) is 8.15. The number of carbonyl (C=O) groups excluding carboxylic acids is 1. The Balaban J connectivity index is 1.74. The lowest BCUT2D eigenvalue weighted by Crippen LogP contribution is -2.51. The molecule has 4 atom stereocenters. The number of aliphatic hydroxyl groups is 1. The summed E-state index contributed by atoms with van der Waals surface area (Å²) in [6, 6.07) is 3.08. The van der Waals surface area contributed by atoms with Gasteiger partial charge in [0.25, 0.3) is 5.91 Å². The molecule has 3 rings (SSSR count). The Morgan fingerprint density at radius 1 is 1.40 bits per heavy atom. The van der Waals surface area contributed by atoms with E-state index in [1.165, 1.54) is 6.20 Å². The molecule has 8 heteroatoms. The highest BCUT2D eigenvalue weighted by Gasteiger charge is 2.46. The van der Waals surface area contributed by atoms with Crippen molar-refractivity contribution in [1.82, 2.24) is 24.8 Å². The fourth-order valence-electron chi connectivity index (χ4n) is 3.32. The van der Waals surface area contributed by atoms with Gasteiger partial charge in [-0.3, -0.25) is 9.78 Å². The first kappa shape index (κ1) is 17.4. The van der Waals surface area contributed by atoms with E-state index in [2.05, 4.69) is 15.3 Å². The van der Waals surface area contributed by atoms with Gasteiger partial charge in [-0.15, -0.1) is 0 Å². The lowest BCUT2D eigenvalue weighted by Gasteiger charge is -2.29. The van der Waals surface area contributed by atoms with Crippen molar-refractivity contribution in [3.63, 3.8) is 0 Å². The quantitative estimate of drug-likeness (QED) is 0.796. The average Bonchev–Trinajstić information content (AvgIpc) is 3.12. The van der Waals surface area contributed by atoms with Crippen LogP contribution in [0.25, 0.3) is 0 Å². The third kappa shape index (κ3) is 3.64. The van der Waals surface area contributed by atoms with Gasteiger partial charge >= 0.3 is 0 Å². The predicted octanol–water partition coefficient (Wildman–Crippen LogP) is 0.0559. The number of carbonyl (C=O) groups is 1. The van der Waals surface area contributed by atoms with Gasteiger partial charge in [0.2, 0.25) is 0 Å². The molecule has 2 heterocycles. The van der Waals surface area contributed by atoms with Crippen LogP contribution in [0, 0.1) is 0 Å². The molecule has 2 aromatic rings. The summed E-state index contributed by atoms with van der Waals surface area (Å²) in [4.78, 5) is 22.4. The van der Waals surface area contributed by atoms with E-state index in [1.807, 2.05) is 19.0 Å². The van der Waals surface area contributed by atoms with Gasteiger partial charge in [-0.25, -0.2) is 4.98 Å². The number of hydrogen-bond acceptors (Lipinski definition) is 6. The smallest absolute Gasteiger partial charge is 0.269 e. The highest BCUT2D eigenvalue weighted by molar-refractivity contribution is 5.92. The van der Waals surface area contributed by atoms with E-state index in [0.717, 1.165) is 0 Å². The molecule has 0 unspecified atom stereocenters. The Morgan fingerprint density at radius 3 is 2.80 bits per heavy atom. The van der Waals surface area contributed by atoms with Gasteiger partial charge in [0.1, 0.15) is 23.7 Å². The summed E-state index contributed by atoms with van der Waals surface area (Å²) in [5, 5.41) is 13.7. The van der Waals surface area contributed by atoms with Gasteiger partial charge in [-0.2, -0.15) is 0 Å². The molecule has 1 aliphatic carbocycles. The van der Waals surface area contributed by atoms with Crippen LogP contribution in [0.4, 0.5) is 0 Å². The highest BCUT2D eigenvalue weighted by atomic mass is 16.5. The molecule has 0 aliphatic heterocycles. The molecule has 134 valence electrons. The average molecular weight is 345 g/mol. The molecule has 0 radical (unpaired) electrons. The summed E-state index contributed by atoms with van der Waals surface area (Å²) in [5.41, 5.74) is 0.476. The van der Waals surface area contributed by atoms with E-state index in [1.54, 1.807) is 42.5 Å². The van der Waals surface area contributed by atoms with Crippen LogP contribution in [0.15, 0.2) is 37.1 Å². The molecule has 8 nitrogen and oxygen atoms in total. The zero-order valence-corrected chi connectivity index (χ0v) is 14.5. The number of nitrogens with zero attached hydrogens (tertiary/aromatic N) is 4. The van der Waals surface area contributed by atoms with Crippen molar-refractivity contribution in [3.05, 3.63) is 42.7 Å². The molecule has 2 N–H and O–H groups in total. The minimum Gasteiger partial charge on any atom is -0.486 e. The molecule has 1 amide bonds. The Bertz CT molecular complexity index is 718. The van der Waals surface area contributed by atoms with Gasteiger partial charge < -0.3 is 24.6 Å². The number of hydrogen-bond donors (Lipinski definition) is 2. The zero-order valence-electron chi connectivity index (χ0n) is 14.5. The largest absolute Gasteiger partial charge is 0.486 e. The second kappa shape index (κ2) is 7.20. The van der Waals surface area contributed by atoms with Crippen LogP contribution >= 0.6 is 0 Å². The number of aliphatic hydroxyl groups excluding tert-OH is 1. The number of likely N-dealkylation sites (N-methyl/N-ethyl adjacent to an activating group) is 1. The van der Waals surface area contributed by atoms with Gasteiger partial charge in [0, 0.05) is 19.7 Å². The molecule has 0 bridgehead atoms. The van der Waals surface area contributed by atoms with Crippen LogP contribution in [-0.2, 0) is 7.05 Å². The van der Waals surface area contributed by atoms with Crippen LogP contribution in [0.1, 0.15) is 16.9 Å². The van der Waals surface area contributed by atoms with Crippen molar-refractivity contribution in [1.29, 1.82) is 0 Å². The van der Waals surface area contributed by atoms with Crippen molar-refractivity contribution < 1.29 is 14.6 Å². The zero-order chi connectivity index (χ0) is 18.0. The maximum absolute atomic E-state index is 12.5. The Morgan fingerprint density at radius 2 is 2.20 bits per heavy atom. The molecule has 2 aromatic heterocycles. The highest BCUT2D eigenvalue weighted by Crippen LogP contribution is 2.28. The van der Waals surface area contributed by atoms with Crippen LogP contribution in [-0.4, -0.2) is 68.8 Å². The lowest BCUT2D eigenvalue weighted by atomic mass is 10.1.